The fraction of sp³-hybridized carbons (Fsp3) is 0.308. The smallest absolute Gasteiger partial charge is 0.192 e. The summed E-state index contributed by atoms with van der Waals surface area (Å²) < 4.78 is 11.3. The molecule has 0 bridgehead atoms. The summed E-state index contributed by atoms with van der Waals surface area (Å²) in [7, 11) is 1.61. The van der Waals surface area contributed by atoms with Gasteiger partial charge in [-0.1, -0.05) is 0 Å². The van der Waals surface area contributed by atoms with E-state index in [2.05, 4.69) is 20.9 Å². The van der Waals surface area contributed by atoms with Gasteiger partial charge in [-0.15, -0.1) is 0 Å². The third kappa shape index (κ3) is 2.36. The molecule has 0 radical (unpaired) electrons. The molecule has 1 aliphatic heterocycles. The number of benzene rings is 1. The zero-order chi connectivity index (χ0) is 13.1. The van der Waals surface area contributed by atoms with Gasteiger partial charge in [0, 0.05) is 12.0 Å². The van der Waals surface area contributed by atoms with Crippen molar-refractivity contribution in [1.82, 2.24) is 0 Å². The summed E-state index contributed by atoms with van der Waals surface area (Å²) in [5, 5.41) is 9.72. The molecule has 0 aliphatic carbocycles. The van der Waals surface area contributed by atoms with E-state index in [0.29, 0.717) is 29.1 Å². The minimum absolute atomic E-state index is 0.144. The Labute approximate surface area is 114 Å². The topological polar surface area (TPSA) is 51.0 Å². The zero-order valence-corrected chi connectivity index (χ0v) is 11.8. The standard InChI is InChI=1S/C13H14BrNO3/c1-3-18-11-7-6-10(17-2)8-4-5-9(16)12(14)13(8)15-11/h4-6,16H,3,7H2,1-2H3. The third-order valence-electron chi connectivity index (χ3n) is 2.59. The lowest BCUT2D eigenvalue weighted by atomic mass is 10.1. The first kappa shape index (κ1) is 13.0. The summed E-state index contributed by atoms with van der Waals surface area (Å²) in [6, 6.07) is 3.39. The fourth-order valence-corrected chi connectivity index (χ4v) is 2.21. The Morgan fingerprint density at radius 1 is 1.44 bits per heavy atom. The quantitative estimate of drug-likeness (QED) is 0.907. The molecule has 1 aromatic carbocycles. The lowest BCUT2D eigenvalue weighted by Gasteiger charge is -2.10. The normalized spacial score (nSPS) is 14.2. The van der Waals surface area contributed by atoms with Crippen LogP contribution in [0.4, 0.5) is 5.69 Å². The second-order valence-corrected chi connectivity index (χ2v) is 4.50. The van der Waals surface area contributed by atoms with Crippen molar-refractivity contribution >= 4 is 33.3 Å². The van der Waals surface area contributed by atoms with Crippen LogP contribution in [0.15, 0.2) is 27.7 Å². The van der Waals surface area contributed by atoms with E-state index < -0.39 is 0 Å². The number of ether oxygens (including phenoxy) is 2. The van der Waals surface area contributed by atoms with E-state index in [4.69, 9.17) is 9.47 Å². The molecular weight excluding hydrogens is 298 g/mol. The van der Waals surface area contributed by atoms with Crippen molar-refractivity contribution in [3.63, 3.8) is 0 Å². The molecule has 0 fully saturated rings. The number of hydrogen-bond donors (Lipinski definition) is 1. The Morgan fingerprint density at radius 3 is 2.89 bits per heavy atom. The van der Waals surface area contributed by atoms with E-state index in [1.54, 1.807) is 19.2 Å². The molecule has 0 saturated heterocycles. The highest BCUT2D eigenvalue weighted by molar-refractivity contribution is 9.10. The minimum Gasteiger partial charge on any atom is -0.507 e. The molecular formula is C13H14BrNO3. The molecule has 1 heterocycles. The van der Waals surface area contributed by atoms with Crippen LogP contribution in [0.3, 0.4) is 0 Å². The summed E-state index contributed by atoms with van der Waals surface area (Å²) in [5.74, 6) is 1.48. The second-order valence-electron chi connectivity index (χ2n) is 3.71. The monoisotopic (exact) mass is 311 g/mol. The number of phenolic OH excluding ortho intramolecular Hbond substituents is 1. The Balaban J connectivity index is 2.59. The van der Waals surface area contributed by atoms with Gasteiger partial charge in [0.25, 0.3) is 0 Å². The lowest BCUT2D eigenvalue weighted by Crippen LogP contribution is -2.02. The number of hydrogen-bond acceptors (Lipinski definition) is 4. The second kappa shape index (κ2) is 5.44. The molecule has 0 saturated carbocycles. The van der Waals surface area contributed by atoms with Crippen LogP contribution in [0.2, 0.25) is 0 Å². The molecule has 0 unspecified atom stereocenters. The molecule has 96 valence electrons. The maximum Gasteiger partial charge on any atom is 0.192 e. The molecule has 1 N–H and O–H groups in total. The maximum absolute atomic E-state index is 9.72. The molecule has 1 aromatic rings. The average molecular weight is 312 g/mol. The van der Waals surface area contributed by atoms with Crippen molar-refractivity contribution in [2.24, 2.45) is 4.99 Å². The predicted octanol–water partition coefficient (Wildman–Crippen LogP) is 3.61. The van der Waals surface area contributed by atoms with Crippen LogP contribution in [0.1, 0.15) is 18.9 Å². The van der Waals surface area contributed by atoms with E-state index in [0.717, 1.165) is 11.3 Å². The Hall–Kier alpha value is -1.49. The van der Waals surface area contributed by atoms with Crippen LogP contribution in [0.25, 0.3) is 5.76 Å². The first-order chi connectivity index (χ1) is 8.67. The Morgan fingerprint density at radius 2 is 2.22 bits per heavy atom. The third-order valence-corrected chi connectivity index (χ3v) is 3.37. The van der Waals surface area contributed by atoms with Gasteiger partial charge in [-0.2, -0.15) is 0 Å². The summed E-state index contributed by atoms with van der Waals surface area (Å²) in [4.78, 5) is 4.44. The molecule has 0 aromatic heterocycles. The highest BCUT2D eigenvalue weighted by Crippen LogP contribution is 2.41. The van der Waals surface area contributed by atoms with E-state index >= 15 is 0 Å². The molecule has 4 nitrogen and oxygen atoms in total. The van der Waals surface area contributed by atoms with Crippen molar-refractivity contribution in [2.45, 2.75) is 13.3 Å². The number of fused-ring (bicyclic) bond motifs is 1. The molecule has 1 aliphatic rings. The molecule has 2 rings (SSSR count). The molecule has 0 spiro atoms. The van der Waals surface area contributed by atoms with Gasteiger partial charge in [-0.05, 0) is 41.1 Å². The van der Waals surface area contributed by atoms with E-state index in [9.17, 15) is 5.11 Å². The largest absolute Gasteiger partial charge is 0.507 e. The molecule has 18 heavy (non-hydrogen) atoms. The van der Waals surface area contributed by atoms with Gasteiger partial charge in [-0.3, -0.25) is 0 Å². The van der Waals surface area contributed by atoms with Gasteiger partial charge in [0.15, 0.2) is 5.90 Å². The first-order valence-corrected chi connectivity index (χ1v) is 6.43. The van der Waals surface area contributed by atoms with Crippen molar-refractivity contribution in [3.05, 3.63) is 28.2 Å². The van der Waals surface area contributed by atoms with Crippen LogP contribution in [-0.4, -0.2) is 24.7 Å². The van der Waals surface area contributed by atoms with Crippen LogP contribution >= 0.6 is 15.9 Å². The number of rotatable bonds is 2. The highest BCUT2D eigenvalue weighted by Gasteiger charge is 2.18. The van der Waals surface area contributed by atoms with Crippen molar-refractivity contribution in [1.29, 1.82) is 0 Å². The Bertz CT molecular complexity index is 523. The molecule has 0 atom stereocenters. The SMILES string of the molecule is CCOC1=Nc2c(ccc(O)c2Br)C(OC)=CC1. The average Bonchev–Trinajstić information content (AvgIpc) is 2.54. The number of methoxy groups -OCH3 is 1. The predicted molar refractivity (Wildman–Crippen MR) is 74.1 cm³/mol. The zero-order valence-electron chi connectivity index (χ0n) is 10.2. The van der Waals surface area contributed by atoms with E-state index in [1.807, 2.05) is 13.0 Å². The fourth-order valence-electron chi connectivity index (χ4n) is 1.77. The highest BCUT2D eigenvalue weighted by atomic mass is 79.9. The van der Waals surface area contributed by atoms with Gasteiger partial charge in [0.1, 0.15) is 11.5 Å². The number of halogens is 1. The van der Waals surface area contributed by atoms with Crippen LogP contribution in [0, 0.1) is 0 Å². The van der Waals surface area contributed by atoms with Gasteiger partial charge in [0.2, 0.25) is 0 Å². The molecule has 0 amide bonds. The number of phenols is 1. The van der Waals surface area contributed by atoms with Crippen molar-refractivity contribution in [3.8, 4) is 5.75 Å². The Kier molecular flexibility index (Phi) is 3.91. The van der Waals surface area contributed by atoms with Crippen LogP contribution in [0.5, 0.6) is 5.75 Å². The summed E-state index contributed by atoms with van der Waals surface area (Å²) in [6.45, 7) is 2.47. The number of aromatic hydroxyl groups is 1. The minimum atomic E-state index is 0.144. The van der Waals surface area contributed by atoms with Gasteiger partial charge in [0.05, 0.1) is 23.9 Å². The van der Waals surface area contributed by atoms with Gasteiger partial charge < -0.3 is 14.6 Å². The maximum atomic E-state index is 9.72. The van der Waals surface area contributed by atoms with E-state index in [-0.39, 0.29) is 5.75 Å². The van der Waals surface area contributed by atoms with Gasteiger partial charge in [-0.25, -0.2) is 4.99 Å². The number of aliphatic imine (C=N–C) groups is 1. The van der Waals surface area contributed by atoms with Crippen molar-refractivity contribution < 1.29 is 14.6 Å². The molecule has 5 heteroatoms. The summed E-state index contributed by atoms with van der Waals surface area (Å²) >= 11 is 3.34. The summed E-state index contributed by atoms with van der Waals surface area (Å²) in [6.07, 6.45) is 2.49. The van der Waals surface area contributed by atoms with E-state index in [1.165, 1.54) is 0 Å². The summed E-state index contributed by atoms with van der Waals surface area (Å²) in [5.41, 5.74) is 1.46. The van der Waals surface area contributed by atoms with Crippen molar-refractivity contribution in [2.75, 3.05) is 13.7 Å². The van der Waals surface area contributed by atoms with Crippen LogP contribution < -0.4 is 0 Å². The van der Waals surface area contributed by atoms with Gasteiger partial charge >= 0.3 is 0 Å². The number of nitrogens with zero attached hydrogens (tertiary/aromatic N) is 1. The van der Waals surface area contributed by atoms with Crippen LogP contribution in [-0.2, 0) is 9.47 Å². The lowest BCUT2D eigenvalue weighted by molar-refractivity contribution is 0.320. The first-order valence-electron chi connectivity index (χ1n) is 5.63.